The van der Waals surface area contributed by atoms with Crippen LogP contribution < -0.4 is 0 Å². The van der Waals surface area contributed by atoms with E-state index in [1.807, 2.05) is 0 Å². The number of imide groups is 1. The molecule has 6 atom stereocenters. The van der Waals surface area contributed by atoms with Crippen molar-refractivity contribution < 1.29 is 61.9 Å². The van der Waals surface area contributed by atoms with E-state index >= 15 is 0 Å². The van der Waals surface area contributed by atoms with Crippen LogP contribution in [0.5, 0.6) is 0 Å². The zero-order valence-corrected chi connectivity index (χ0v) is 24.5. The lowest BCUT2D eigenvalue weighted by Gasteiger charge is -2.46. The van der Waals surface area contributed by atoms with Gasteiger partial charge >= 0.3 is 30.0 Å². The fourth-order valence-electron chi connectivity index (χ4n) is 4.98. The molecule has 0 N–H and O–H groups in total. The second-order valence-corrected chi connectivity index (χ2v) is 9.97. The van der Waals surface area contributed by atoms with Crippen LogP contribution in [0.15, 0.2) is 0 Å². The number of methoxy groups -OCH3 is 1. The molecule has 2 heterocycles. The lowest BCUT2D eigenvalue weighted by molar-refractivity contribution is -0.311. The summed E-state index contributed by atoms with van der Waals surface area (Å²) in [6.07, 6.45) is -1.44. The first-order valence-electron chi connectivity index (χ1n) is 13.7. The number of unbranched alkanes of at least 4 members (excludes halogenated alkanes) is 5. The topological polar surface area (TPSA) is 170 Å². The van der Waals surface area contributed by atoms with Crippen LogP contribution >= 0.6 is 0 Å². The molecular weight excluding hydrogens is 546 g/mol. The largest absolute Gasteiger partial charge is 0.465 e. The average Bonchev–Trinajstić information content (AvgIpc) is 3.23. The van der Waals surface area contributed by atoms with E-state index in [2.05, 4.69) is 6.92 Å². The number of ether oxygens (including phenoxy) is 7. The molecule has 2 fully saturated rings. The average molecular weight is 588 g/mol. The summed E-state index contributed by atoms with van der Waals surface area (Å²) in [7, 11) is 1.12. The SMILES string of the molecule is CCCCCCCCO[C@]1(C(=O)OC)C[C@@H]2OC(=O)N(C(C)=O)[C@H]2[C@H]([C@H](OC(C)=O)[C@@H](COC(C)=O)OC(C)=O)O1. The number of carbonyl (C=O) groups excluding carboxylic acids is 6. The fraction of sp³-hybridized carbons (Fsp3) is 0.778. The minimum Gasteiger partial charge on any atom is -0.465 e. The van der Waals surface area contributed by atoms with Crippen LogP contribution in [0.2, 0.25) is 0 Å². The van der Waals surface area contributed by atoms with Crippen molar-refractivity contribution >= 4 is 35.9 Å². The summed E-state index contributed by atoms with van der Waals surface area (Å²) in [4.78, 5) is 75.1. The Morgan fingerprint density at radius 1 is 0.951 bits per heavy atom. The Balaban J connectivity index is 2.53. The lowest BCUT2D eigenvalue weighted by atomic mass is 9.88. The molecule has 0 radical (unpaired) electrons. The Hall–Kier alpha value is -3.26. The zero-order valence-electron chi connectivity index (χ0n) is 24.5. The molecule has 0 aromatic rings. The van der Waals surface area contributed by atoms with Crippen LogP contribution in [0.1, 0.15) is 79.6 Å². The smallest absolute Gasteiger partial charge is 0.417 e. The van der Waals surface area contributed by atoms with Crippen molar-refractivity contribution in [2.75, 3.05) is 20.3 Å². The zero-order chi connectivity index (χ0) is 30.7. The van der Waals surface area contributed by atoms with Gasteiger partial charge in [-0.25, -0.2) is 14.5 Å². The van der Waals surface area contributed by atoms with Crippen LogP contribution in [-0.4, -0.2) is 97.3 Å². The van der Waals surface area contributed by atoms with Gasteiger partial charge in [-0.3, -0.25) is 19.2 Å². The number of hydrogen-bond donors (Lipinski definition) is 0. The monoisotopic (exact) mass is 587 g/mol. The molecule has 232 valence electrons. The number of esters is 4. The van der Waals surface area contributed by atoms with Crippen LogP contribution in [0.25, 0.3) is 0 Å². The third-order valence-corrected chi connectivity index (χ3v) is 6.69. The first-order chi connectivity index (χ1) is 19.4. The molecule has 0 aromatic heterocycles. The maximum absolute atomic E-state index is 13.2. The second-order valence-electron chi connectivity index (χ2n) is 9.97. The van der Waals surface area contributed by atoms with Gasteiger partial charge in [-0.2, -0.15) is 0 Å². The highest BCUT2D eigenvalue weighted by atomic mass is 16.7. The fourth-order valence-corrected chi connectivity index (χ4v) is 4.98. The molecule has 0 unspecified atom stereocenters. The molecule has 2 amide bonds. The third-order valence-electron chi connectivity index (χ3n) is 6.69. The summed E-state index contributed by atoms with van der Waals surface area (Å²) in [5.74, 6) is -6.17. The standard InChI is InChI=1S/C27H41NO13/c1-7-8-9-10-11-12-13-37-27(25(33)35-6)14-20-22(28(16(2)29)26(34)40-20)24(41-27)23(39-19(5)32)21(38-18(4)31)15-36-17(3)30/h20-24H,7-15H2,1-6H3/t20-,21+,22+,23+,24+,27+/m0/s1. The van der Waals surface area contributed by atoms with Crippen LogP contribution in [0, 0.1) is 0 Å². The van der Waals surface area contributed by atoms with Crippen molar-refractivity contribution in [3.63, 3.8) is 0 Å². The van der Waals surface area contributed by atoms with Gasteiger partial charge in [0.25, 0.3) is 5.79 Å². The number of hydrogen-bond acceptors (Lipinski definition) is 13. The van der Waals surface area contributed by atoms with Crippen molar-refractivity contribution in [1.82, 2.24) is 4.90 Å². The van der Waals surface area contributed by atoms with Gasteiger partial charge in [0.05, 0.1) is 20.1 Å². The number of nitrogens with zero attached hydrogens (tertiary/aromatic N) is 1. The quantitative estimate of drug-likeness (QED) is 0.155. The number of fused-ring (bicyclic) bond motifs is 1. The van der Waals surface area contributed by atoms with Crippen molar-refractivity contribution in [3.8, 4) is 0 Å². The number of rotatable bonds is 15. The predicted molar refractivity (Wildman–Crippen MR) is 138 cm³/mol. The van der Waals surface area contributed by atoms with E-state index in [4.69, 9.17) is 33.2 Å². The van der Waals surface area contributed by atoms with Gasteiger partial charge in [-0.15, -0.1) is 0 Å². The van der Waals surface area contributed by atoms with Crippen molar-refractivity contribution in [2.24, 2.45) is 0 Å². The molecule has 0 bridgehead atoms. The highest BCUT2D eigenvalue weighted by Crippen LogP contribution is 2.42. The van der Waals surface area contributed by atoms with E-state index < -0.39 is 78.7 Å². The Bertz CT molecular complexity index is 969. The van der Waals surface area contributed by atoms with E-state index in [0.717, 1.165) is 71.8 Å². The van der Waals surface area contributed by atoms with E-state index in [1.54, 1.807) is 0 Å². The van der Waals surface area contributed by atoms with Gasteiger partial charge in [0.2, 0.25) is 5.91 Å². The summed E-state index contributed by atoms with van der Waals surface area (Å²) in [6.45, 7) is 6.03. The Morgan fingerprint density at radius 2 is 1.59 bits per heavy atom. The molecule has 0 aromatic carbocycles. The number of carbonyl (C=O) groups is 6. The van der Waals surface area contributed by atoms with Gasteiger partial charge in [0.1, 0.15) is 24.9 Å². The molecule has 0 saturated carbocycles. The molecular formula is C27H41NO13. The van der Waals surface area contributed by atoms with Crippen molar-refractivity contribution in [2.45, 2.75) is 116 Å². The maximum Gasteiger partial charge on any atom is 0.417 e. The van der Waals surface area contributed by atoms with Gasteiger partial charge in [0, 0.05) is 27.7 Å². The molecule has 14 nitrogen and oxygen atoms in total. The molecule has 0 aliphatic carbocycles. The molecule has 2 aliphatic rings. The highest BCUT2D eigenvalue weighted by Gasteiger charge is 2.64. The summed E-state index contributed by atoms with van der Waals surface area (Å²) in [5, 5.41) is 0. The summed E-state index contributed by atoms with van der Waals surface area (Å²) >= 11 is 0. The minimum atomic E-state index is -2.13. The third kappa shape index (κ3) is 9.12. The summed E-state index contributed by atoms with van der Waals surface area (Å²) in [5.41, 5.74) is 0. The normalized spacial score (nSPS) is 24.9. The molecule has 2 saturated heterocycles. The van der Waals surface area contributed by atoms with E-state index in [9.17, 15) is 28.8 Å². The molecule has 41 heavy (non-hydrogen) atoms. The minimum absolute atomic E-state index is 0.0781. The van der Waals surface area contributed by atoms with E-state index in [-0.39, 0.29) is 13.0 Å². The maximum atomic E-state index is 13.2. The second kappa shape index (κ2) is 15.7. The van der Waals surface area contributed by atoms with Gasteiger partial charge in [-0.05, 0) is 6.42 Å². The van der Waals surface area contributed by atoms with Crippen molar-refractivity contribution in [3.05, 3.63) is 0 Å². The lowest BCUT2D eigenvalue weighted by Crippen LogP contribution is -2.67. The Kier molecular flexibility index (Phi) is 13.0. The first-order valence-corrected chi connectivity index (χ1v) is 13.7. The van der Waals surface area contributed by atoms with Gasteiger partial charge < -0.3 is 33.2 Å². The predicted octanol–water partition coefficient (Wildman–Crippen LogP) is 2.18. The molecule has 0 spiro atoms. The van der Waals surface area contributed by atoms with Crippen LogP contribution in [-0.2, 0) is 57.1 Å². The van der Waals surface area contributed by atoms with Gasteiger partial charge in [-0.1, -0.05) is 39.0 Å². The first kappa shape index (κ1) is 33.9. The van der Waals surface area contributed by atoms with Crippen LogP contribution in [0.4, 0.5) is 4.79 Å². The van der Waals surface area contributed by atoms with Crippen molar-refractivity contribution in [1.29, 1.82) is 0 Å². The number of amides is 2. The molecule has 2 rings (SSSR count). The Labute approximate surface area is 239 Å². The summed E-state index contributed by atoms with van der Waals surface area (Å²) in [6, 6.07) is -1.23. The van der Waals surface area contributed by atoms with E-state index in [0.29, 0.717) is 6.42 Å². The molecule has 14 heteroatoms. The van der Waals surface area contributed by atoms with E-state index in [1.165, 1.54) is 0 Å². The summed E-state index contributed by atoms with van der Waals surface area (Å²) < 4.78 is 38.5. The van der Waals surface area contributed by atoms with Gasteiger partial charge in [0.15, 0.2) is 12.2 Å². The van der Waals surface area contributed by atoms with Crippen LogP contribution in [0.3, 0.4) is 0 Å². The molecule has 2 aliphatic heterocycles. The Morgan fingerprint density at radius 3 is 2.15 bits per heavy atom. The highest BCUT2D eigenvalue weighted by molar-refractivity contribution is 5.93.